The standard InChI is InChI=1S/C11H16N2O3S/c1-4-8(11(15)16-3)13-9(14)5-10-12-7(2)6-17-10/h6,8H,4-5H2,1-3H3,(H,13,14). The molecule has 1 rings (SSSR count). The monoisotopic (exact) mass is 256 g/mol. The Balaban J connectivity index is 2.51. The molecular weight excluding hydrogens is 240 g/mol. The smallest absolute Gasteiger partial charge is 0.328 e. The molecule has 0 aliphatic carbocycles. The summed E-state index contributed by atoms with van der Waals surface area (Å²) >= 11 is 1.44. The van der Waals surface area contributed by atoms with Crippen LogP contribution < -0.4 is 5.32 Å². The molecule has 1 amide bonds. The van der Waals surface area contributed by atoms with Crippen LogP contribution in [0.5, 0.6) is 0 Å². The first kappa shape index (κ1) is 13.6. The van der Waals surface area contributed by atoms with Crippen LogP contribution in [-0.2, 0) is 20.7 Å². The molecule has 1 unspecified atom stereocenters. The maximum atomic E-state index is 11.7. The van der Waals surface area contributed by atoms with Crippen molar-refractivity contribution >= 4 is 23.2 Å². The highest BCUT2D eigenvalue weighted by Crippen LogP contribution is 2.09. The molecule has 0 bridgehead atoms. The Labute approximate surface area is 104 Å². The number of methoxy groups -OCH3 is 1. The summed E-state index contributed by atoms with van der Waals surface area (Å²) in [6.07, 6.45) is 0.710. The Bertz CT molecular complexity index is 403. The van der Waals surface area contributed by atoms with Gasteiger partial charge in [0.2, 0.25) is 5.91 Å². The van der Waals surface area contributed by atoms with Gasteiger partial charge >= 0.3 is 5.97 Å². The summed E-state index contributed by atoms with van der Waals surface area (Å²) in [6, 6.07) is -0.575. The van der Waals surface area contributed by atoms with Gasteiger partial charge in [0.15, 0.2) is 0 Å². The second-order valence-electron chi connectivity index (χ2n) is 3.61. The van der Waals surface area contributed by atoms with Gasteiger partial charge < -0.3 is 10.1 Å². The lowest BCUT2D eigenvalue weighted by molar-refractivity contribution is -0.145. The molecule has 0 saturated carbocycles. The molecule has 0 aromatic carbocycles. The van der Waals surface area contributed by atoms with Crippen molar-refractivity contribution in [3.05, 3.63) is 16.1 Å². The Hall–Kier alpha value is -1.43. The van der Waals surface area contributed by atoms with Crippen LogP contribution >= 0.6 is 11.3 Å². The van der Waals surface area contributed by atoms with Gasteiger partial charge in [0.25, 0.3) is 0 Å². The summed E-state index contributed by atoms with van der Waals surface area (Å²) < 4.78 is 4.59. The van der Waals surface area contributed by atoms with Gasteiger partial charge in [-0.1, -0.05) is 6.92 Å². The van der Waals surface area contributed by atoms with E-state index in [1.807, 2.05) is 19.2 Å². The number of nitrogens with one attached hydrogen (secondary N) is 1. The first-order valence-corrected chi connectivity index (χ1v) is 6.23. The van der Waals surface area contributed by atoms with E-state index >= 15 is 0 Å². The van der Waals surface area contributed by atoms with Crippen LogP contribution in [-0.4, -0.2) is 30.0 Å². The summed E-state index contributed by atoms with van der Waals surface area (Å²) in [7, 11) is 1.31. The Morgan fingerprint density at radius 3 is 2.76 bits per heavy atom. The largest absolute Gasteiger partial charge is 0.467 e. The van der Waals surface area contributed by atoms with Gasteiger partial charge in [-0.05, 0) is 13.3 Å². The number of hydrogen-bond donors (Lipinski definition) is 1. The second kappa shape index (κ2) is 6.34. The predicted octanol–water partition coefficient (Wildman–Crippen LogP) is 1.06. The molecule has 6 heteroatoms. The van der Waals surface area contributed by atoms with Crippen molar-refractivity contribution in [2.75, 3.05) is 7.11 Å². The molecule has 0 spiro atoms. The van der Waals surface area contributed by atoms with Crippen LogP contribution in [0.25, 0.3) is 0 Å². The fourth-order valence-corrected chi connectivity index (χ4v) is 2.11. The topological polar surface area (TPSA) is 68.3 Å². The SMILES string of the molecule is CCC(NC(=O)Cc1nc(C)cs1)C(=O)OC. The summed E-state index contributed by atoms with van der Waals surface area (Å²) in [5.74, 6) is -0.632. The molecule has 5 nitrogen and oxygen atoms in total. The number of ether oxygens (including phenoxy) is 1. The maximum absolute atomic E-state index is 11.7. The highest BCUT2D eigenvalue weighted by Gasteiger charge is 2.19. The zero-order valence-electron chi connectivity index (χ0n) is 10.1. The predicted molar refractivity (Wildman–Crippen MR) is 64.8 cm³/mol. The van der Waals surface area contributed by atoms with Gasteiger partial charge in [-0.25, -0.2) is 9.78 Å². The van der Waals surface area contributed by atoms with Gasteiger partial charge in [0.05, 0.1) is 13.5 Å². The third-order valence-corrected chi connectivity index (χ3v) is 3.17. The second-order valence-corrected chi connectivity index (χ2v) is 4.55. The van der Waals surface area contributed by atoms with Crippen molar-refractivity contribution in [3.63, 3.8) is 0 Å². The van der Waals surface area contributed by atoms with E-state index in [0.717, 1.165) is 10.7 Å². The third kappa shape index (κ3) is 4.14. The molecule has 1 aromatic rings. The average molecular weight is 256 g/mol. The van der Waals surface area contributed by atoms with Crippen molar-refractivity contribution in [2.45, 2.75) is 32.7 Å². The molecule has 0 fully saturated rings. The van der Waals surface area contributed by atoms with Crippen LogP contribution in [0.1, 0.15) is 24.0 Å². The van der Waals surface area contributed by atoms with E-state index in [1.165, 1.54) is 18.4 Å². The van der Waals surface area contributed by atoms with E-state index in [2.05, 4.69) is 15.0 Å². The van der Waals surface area contributed by atoms with E-state index in [0.29, 0.717) is 6.42 Å². The first-order valence-electron chi connectivity index (χ1n) is 5.35. The van der Waals surface area contributed by atoms with Crippen molar-refractivity contribution in [2.24, 2.45) is 0 Å². The van der Waals surface area contributed by atoms with Crippen LogP contribution in [0.15, 0.2) is 5.38 Å². The van der Waals surface area contributed by atoms with Gasteiger partial charge in [0.1, 0.15) is 11.0 Å². The van der Waals surface area contributed by atoms with Crippen molar-refractivity contribution in [1.82, 2.24) is 10.3 Å². The lowest BCUT2D eigenvalue weighted by atomic mass is 10.2. The molecule has 94 valence electrons. The number of esters is 1. The van der Waals surface area contributed by atoms with Gasteiger partial charge in [0, 0.05) is 11.1 Å². The number of aryl methyl sites for hydroxylation is 1. The fourth-order valence-electron chi connectivity index (χ4n) is 1.34. The number of nitrogens with zero attached hydrogens (tertiary/aromatic N) is 1. The zero-order chi connectivity index (χ0) is 12.8. The third-order valence-electron chi connectivity index (χ3n) is 2.21. The summed E-state index contributed by atoms with van der Waals surface area (Å²) in [4.78, 5) is 27.1. The van der Waals surface area contributed by atoms with E-state index in [4.69, 9.17) is 0 Å². The minimum atomic E-state index is -0.575. The number of thiazole rings is 1. The Morgan fingerprint density at radius 2 is 2.29 bits per heavy atom. The van der Waals surface area contributed by atoms with E-state index in [1.54, 1.807) is 0 Å². The number of hydrogen-bond acceptors (Lipinski definition) is 5. The fraction of sp³-hybridized carbons (Fsp3) is 0.545. The Kier molecular flexibility index (Phi) is 5.09. The number of amides is 1. The van der Waals surface area contributed by atoms with Gasteiger partial charge in [-0.3, -0.25) is 4.79 Å². The van der Waals surface area contributed by atoms with Crippen molar-refractivity contribution in [3.8, 4) is 0 Å². The van der Waals surface area contributed by atoms with Gasteiger partial charge in [-0.2, -0.15) is 0 Å². The summed E-state index contributed by atoms with van der Waals surface area (Å²) in [6.45, 7) is 3.69. The minimum Gasteiger partial charge on any atom is -0.467 e. The molecule has 1 aromatic heterocycles. The molecule has 17 heavy (non-hydrogen) atoms. The van der Waals surface area contributed by atoms with Crippen LogP contribution in [0.2, 0.25) is 0 Å². The van der Waals surface area contributed by atoms with E-state index in [-0.39, 0.29) is 12.3 Å². The van der Waals surface area contributed by atoms with Crippen LogP contribution in [0, 0.1) is 6.92 Å². The molecular formula is C11H16N2O3S. The molecule has 1 N–H and O–H groups in total. The maximum Gasteiger partial charge on any atom is 0.328 e. The number of rotatable bonds is 5. The molecule has 0 saturated heterocycles. The quantitative estimate of drug-likeness (QED) is 0.800. The lowest BCUT2D eigenvalue weighted by Crippen LogP contribution is -2.41. The van der Waals surface area contributed by atoms with Crippen molar-refractivity contribution in [1.29, 1.82) is 0 Å². The summed E-state index contributed by atoms with van der Waals surface area (Å²) in [5, 5.41) is 5.27. The molecule has 1 heterocycles. The summed E-state index contributed by atoms with van der Waals surface area (Å²) in [5.41, 5.74) is 0.901. The highest BCUT2D eigenvalue weighted by atomic mass is 32.1. The molecule has 0 aliphatic heterocycles. The number of carbonyl (C=O) groups excluding carboxylic acids is 2. The normalized spacial score (nSPS) is 11.9. The lowest BCUT2D eigenvalue weighted by Gasteiger charge is -2.13. The number of aromatic nitrogens is 1. The first-order chi connectivity index (χ1) is 8.06. The molecule has 0 radical (unpaired) electrons. The molecule has 1 atom stereocenters. The van der Waals surface area contributed by atoms with Gasteiger partial charge in [-0.15, -0.1) is 11.3 Å². The highest BCUT2D eigenvalue weighted by molar-refractivity contribution is 7.09. The van der Waals surface area contributed by atoms with Crippen molar-refractivity contribution < 1.29 is 14.3 Å². The average Bonchev–Trinajstić information content (AvgIpc) is 2.70. The minimum absolute atomic E-state index is 0.200. The number of carbonyl (C=O) groups is 2. The van der Waals surface area contributed by atoms with Crippen LogP contribution in [0.3, 0.4) is 0 Å². The van der Waals surface area contributed by atoms with E-state index in [9.17, 15) is 9.59 Å². The Morgan fingerprint density at radius 1 is 1.59 bits per heavy atom. The zero-order valence-corrected chi connectivity index (χ0v) is 11.0. The molecule has 0 aliphatic rings. The van der Waals surface area contributed by atoms with E-state index < -0.39 is 12.0 Å². The van der Waals surface area contributed by atoms with Crippen LogP contribution in [0.4, 0.5) is 0 Å².